The first-order valence-corrected chi connectivity index (χ1v) is 9.98. The summed E-state index contributed by atoms with van der Waals surface area (Å²) >= 11 is 0. The van der Waals surface area contributed by atoms with Crippen molar-refractivity contribution in [2.45, 2.75) is 49.8 Å². The van der Waals surface area contributed by atoms with Gasteiger partial charge in [-0.05, 0) is 24.5 Å². The number of fused-ring (bicyclic) bond motifs is 1. The Hall–Kier alpha value is -1.76. The summed E-state index contributed by atoms with van der Waals surface area (Å²) in [6.07, 6.45) is 6.96. The highest BCUT2D eigenvalue weighted by molar-refractivity contribution is 7.90. The van der Waals surface area contributed by atoms with Gasteiger partial charge in [-0.3, -0.25) is 4.79 Å². The average molecular weight is 353 g/mol. The molecule has 1 aromatic carbocycles. The summed E-state index contributed by atoms with van der Waals surface area (Å²) in [7, 11) is -3.88. The van der Waals surface area contributed by atoms with E-state index in [0.717, 1.165) is 19.3 Å². The number of nitrogens with one attached hydrogen (secondary N) is 1. The zero-order valence-corrected chi connectivity index (χ0v) is 14.4. The van der Waals surface area contributed by atoms with Crippen LogP contribution in [0.15, 0.2) is 23.1 Å². The fourth-order valence-corrected chi connectivity index (χ4v) is 4.29. The molecule has 6 nitrogen and oxygen atoms in total. The van der Waals surface area contributed by atoms with Crippen LogP contribution in [0.1, 0.15) is 44.9 Å². The second-order valence-electron chi connectivity index (χ2n) is 6.38. The molecule has 0 bridgehead atoms. The molecule has 1 aliphatic carbocycles. The number of rotatable bonds is 5. The van der Waals surface area contributed by atoms with E-state index in [1.165, 1.54) is 31.4 Å². The fourth-order valence-electron chi connectivity index (χ4n) is 3.26. The number of amides is 1. The molecule has 1 N–H and O–H groups in total. The lowest BCUT2D eigenvalue weighted by Gasteiger charge is -2.21. The molecule has 1 aliphatic heterocycles. The summed E-state index contributed by atoms with van der Waals surface area (Å²) in [5.41, 5.74) is 0. The maximum atomic E-state index is 12.4. The van der Waals surface area contributed by atoms with Gasteiger partial charge < -0.3 is 9.47 Å². The van der Waals surface area contributed by atoms with E-state index in [4.69, 9.17) is 9.47 Å². The number of ether oxygens (including phenoxy) is 2. The van der Waals surface area contributed by atoms with E-state index >= 15 is 0 Å². The van der Waals surface area contributed by atoms with Crippen molar-refractivity contribution >= 4 is 15.9 Å². The molecule has 1 amide bonds. The van der Waals surface area contributed by atoms with Gasteiger partial charge >= 0.3 is 0 Å². The van der Waals surface area contributed by atoms with Crippen LogP contribution in [0.2, 0.25) is 0 Å². The molecular weight excluding hydrogens is 330 g/mol. The van der Waals surface area contributed by atoms with Gasteiger partial charge in [0.05, 0.1) is 4.90 Å². The minimum Gasteiger partial charge on any atom is -0.486 e. The minimum absolute atomic E-state index is 0.0118. The Morgan fingerprint density at radius 3 is 2.54 bits per heavy atom. The Labute approximate surface area is 142 Å². The number of sulfonamides is 1. The van der Waals surface area contributed by atoms with Crippen molar-refractivity contribution in [2.24, 2.45) is 5.92 Å². The van der Waals surface area contributed by atoms with E-state index in [9.17, 15) is 13.2 Å². The Bertz CT molecular complexity index is 695. The lowest BCUT2D eigenvalue weighted by Crippen LogP contribution is -2.31. The fraction of sp³-hybridized carbons (Fsp3) is 0.588. The van der Waals surface area contributed by atoms with Gasteiger partial charge in [0.25, 0.3) is 10.0 Å². The number of carbonyl (C=O) groups is 1. The van der Waals surface area contributed by atoms with Gasteiger partial charge in [0.1, 0.15) is 13.2 Å². The largest absolute Gasteiger partial charge is 0.486 e. The quantitative estimate of drug-likeness (QED) is 0.880. The molecule has 1 heterocycles. The van der Waals surface area contributed by atoms with Crippen LogP contribution in [0.4, 0.5) is 0 Å². The van der Waals surface area contributed by atoms with Gasteiger partial charge in [-0.1, -0.05) is 32.1 Å². The second kappa shape index (κ2) is 7.42. The Balaban J connectivity index is 1.59. The number of hydrogen-bond acceptors (Lipinski definition) is 5. The van der Waals surface area contributed by atoms with Crippen molar-refractivity contribution in [3.63, 3.8) is 0 Å². The third kappa shape index (κ3) is 4.20. The number of benzene rings is 1. The molecule has 0 aromatic heterocycles. The molecule has 1 saturated carbocycles. The van der Waals surface area contributed by atoms with E-state index < -0.39 is 15.9 Å². The van der Waals surface area contributed by atoms with Gasteiger partial charge in [-0.25, -0.2) is 13.1 Å². The summed E-state index contributed by atoms with van der Waals surface area (Å²) in [6, 6.07) is 4.37. The minimum atomic E-state index is -3.88. The van der Waals surface area contributed by atoms with Gasteiger partial charge in [-0.2, -0.15) is 0 Å². The molecule has 24 heavy (non-hydrogen) atoms. The summed E-state index contributed by atoms with van der Waals surface area (Å²) in [4.78, 5) is 12.0. The predicted molar refractivity (Wildman–Crippen MR) is 88.6 cm³/mol. The molecule has 132 valence electrons. The Morgan fingerprint density at radius 2 is 1.79 bits per heavy atom. The summed E-state index contributed by atoms with van der Waals surface area (Å²) in [5.74, 6) is 1.000. The highest BCUT2D eigenvalue weighted by Gasteiger charge is 2.22. The van der Waals surface area contributed by atoms with E-state index in [1.54, 1.807) is 6.07 Å². The van der Waals surface area contributed by atoms with Crippen molar-refractivity contribution in [1.82, 2.24) is 4.72 Å². The summed E-state index contributed by atoms with van der Waals surface area (Å²) in [6.45, 7) is 0.821. The van der Waals surface area contributed by atoms with Gasteiger partial charge in [0.2, 0.25) is 5.91 Å². The SMILES string of the molecule is O=C(CCC1CCCCC1)NS(=O)(=O)c1ccc2c(c1)OCCO2. The number of carbonyl (C=O) groups excluding carboxylic acids is 1. The van der Waals surface area contributed by atoms with Crippen molar-refractivity contribution in [3.8, 4) is 11.5 Å². The average Bonchev–Trinajstić information content (AvgIpc) is 2.60. The van der Waals surface area contributed by atoms with E-state index in [0.29, 0.717) is 30.6 Å². The molecular formula is C17H23NO5S. The van der Waals surface area contributed by atoms with Crippen LogP contribution in [-0.2, 0) is 14.8 Å². The molecule has 3 rings (SSSR count). The molecule has 2 aliphatic rings. The summed E-state index contributed by atoms with van der Waals surface area (Å²) in [5, 5.41) is 0. The molecule has 0 saturated heterocycles. The number of hydrogen-bond donors (Lipinski definition) is 1. The van der Waals surface area contributed by atoms with Crippen molar-refractivity contribution in [3.05, 3.63) is 18.2 Å². The molecule has 1 fully saturated rings. The van der Waals surface area contributed by atoms with Crippen LogP contribution >= 0.6 is 0 Å². The Kier molecular flexibility index (Phi) is 5.28. The third-order valence-corrected chi connectivity index (χ3v) is 5.95. The topological polar surface area (TPSA) is 81.7 Å². The maximum absolute atomic E-state index is 12.4. The molecule has 0 spiro atoms. The van der Waals surface area contributed by atoms with E-state index in [-0.39, 0.29) is 11.3 Å². The highest BCUT2D eigenvalue weighted by Crippen LogP contribution is 2.32. The zero-order valence-electron chi connectivity index (χ0n) is 13.6. The van der Waals surface area contributed by atoms with Crippen LogP contribution in [-0.4, -0.2) is 27.5 Å². The molecule has 0 radical (unpaired) electrons. The normalized spacial score (nSPS) is 18.2. The maximum Gasteiger partial charge on any atom is 0.264 e. The lowest BCUT2D eigenvalue weighted by molar-refractivity contribution is -0.119. The highest BCUT2D eigenvalue weighted by atomic mass is 32.2. The van der Waals surface area contributed by atoms with Crippen molar-refractivity contribution in [2.75, 3.05) is 13.2 Å². The van der Waals surface area contributed by atoms with Gasteiger partial charge in [0, 0.05) is 12.5 Å². The van der Waals surface area contributed by atoms with Gasteiger partial charge in [0.15, 0.2) is 11.5 Å². The molecule has 0 unspecified atom stereocenters. The zero-order chi connectivity index (χ0) is 17.0. The molecule has 1 aromatic rings. The van der Waals surface area contributed by atoms with E-state index in [2.05, 4.69) is 4.72 Å². The van der Waals surface area contributed by atoms with Crippen LogP contribution in [0, 0.1) is 5.92 Å². The first kappa shape index (κ1) is 17.1. The Morgan fingerprint density at radius 1 is 1.08 bits per heavy atom. The standard InChI is InChI=1S/C17H23NO5S/c19-17(9-6-13-4-2-1-3-5-13)18-24(20,21)14-7-8-15-16(12-14)23-11-10-22-15/h7-8,12-13H,1-6,9-11H2,(H,18,19). The molecule has 0 atom stereocenters. The summed E-state index contributed by atoms with van der Waals surface area (Å²) < 4.78 is 37.6. The molecule has 7 heteroatoms. The van der Waals surface area contributed by atoms with Crippen LogP contribution in [0.25, 0.3) is 0 Å². The first-order chi connectivity index (χ1) is 11.5. The van der Waals surface area contributed by atoms with Crippen molar-refractivity contribution < 1.29 is 22.7 Å². The lowest BCUT2D eigenvalue weighted by atomic mass is 9.86. The van der Waals surface area contributed by atoms with Crippen LogP contribution < -0.4 is 14.2 Å². The first-order valence-electron chi connectivity index (χ1n) is 8.50. The predicted octanol–water partition coefficient (Wildman–Crippen LogP) is 2.62. The second-order valence-corrected chi connectivity index (χ2v) is 8.06. The van der Waals surface area contributed by atoms with Crippen molar-refractivity contribution in [1.29, 1.82) is 0 Å². The smallest absolute Gasteiger partial charge is 0.264 e. The monoisotopic (exact) mass is 353 g/mol. The van der Waals surface area contributed by atoms with Crippen LogP contribution in [0.3, 0.4) is 0 Å². The van der Waals surface area contributed by atoms with E-state index in [1.807, 2.05) is 0 Å². The third-order valence-electron chi connectivity index (χ3n) is 4.58. The van der Waals surface area contributed by atoms with Crippen LogP contribution in [0.5, 0.6) is 11.5 Å². The van der Waals surface area contributed by atoms with Gasteiger partial charge in [-0.15, -0.1) is 0 Å².